The van der Waals surface area contributed by atoms with Crippen LogP contribution in [0.5, 0.6) is 11.5 Å². The molecular weight excluding hydrogens is 454 g/mol. The number of nitrogens with one attached hydrogen (secondary N) is 2. The predicted molar refractivity (Wildman–Crippen MR) is 130 cm³/mol. The summed E-state index contributed by atoms with van der Waals surface area (Å²) in [6.07, 6.45) is 1.56. The van der Waals surface area contributed by atoms with Gasteiger partial charge in [-0.3, -0.25) is 0 Å². The quantitative estimate of drug-likeness (QED) is 0.291. The number of anilines is 4. The topological polar surface area (TPSA) is 143 Å². The number of hydrogen-bond acceptors (Lipinski definition) is 11. The first-order valence-corrected chi connectivity index (χ1v) is 10.8. The molecule has 1 fully saturated rings. The zero-order valence-electron chi connectivity index (χ0n) is 19.0. The van der Waals surface area contributed by atoms with Crippen molar-refractivity contribution in [1.82, 2.24) is 15.0 Å². The summed E-state index contributed by atoms with van der Waals surface area (Å²) in [6, 6.07) is 14.6. The Labute approximate surface area is 201 Å². The minimum atomic E-state index is -1.07. The van der Waals surface area contributed by atoms with Gasteiger partial charge in [-0.05, 0) is 35.9 Å². The van der Waals surface area contributed by atoms with Crippen molar-refractivity contribution in [1.29, 1.82) is 0 Å². The average Bonchev–Trinajstić information content (AvgIpc) is 2.88. The summed E-state index contributed by atoms with van der Waals surface area (Å²) in [7, 11) is 1.47. The summed E-state index contributed by atoms with van der Waals surface area (Å²) in [4.78, 5) is 26.2. The number of ether oxygens (including phenoxy) is 3. The van der Waals surface area contributed by atoms with E-state index in [4.69, 9.17) is 19.3 Å². The monoisotopic (exact) mass is 479 g/mol. The van der Waals surface area contributed by atoms with Crippen LogP contribution in [0.1, 0.15) is 5.56 Å². The van der Waals surface area contributed by atoms with Crippen molar-refractivity contribution in [2.45, 2.75) is 0 Å². The number of methoxy groups -OCH3 is 1. The number of nitrogens with zero attached hydrogens (tertiary/aromatic N) is 5. The van der Waals surface area contributed by atoms with E-state index in [1.165, 1.54) is 7.11 Å². The predicted octanol–water partition coefficient (Wildman–Crippen LogP) is 2.37. The summed E-state index contributed by atoms with van der Waals surface area (Å²) in [5, 5.41) is 16.2. The van der Waals surface area contributed by atoms with Gasteiger partial charge >= 0.3 is 5.97 Å². The number of rotatable bonds is 10. The minimum Gasteiger partial charge on any atom is -0.493 e. The highest BCUT2D eigenvalue weighted by atomic mass is 16.5. The number of para-hydroxylation sites is 1. The van der Waals surface area contributed by atoms with Gasteiger partial charge in [-0.25, -0.2) is 10.2 Å². The molecule has 0 atom stereocenters. The van der Waals surface area contributed by atoms with Crippen molar-refractivity contribution >= 4 is 35.7 Å². The normalized spacial score (nSPS) is 13.5. The highest BCUT2D eigenvalue weighted by molar-refractivity contribution is 5.81. The number of aromatic nitrogens is 3. The molecule has 2 heterocycles. The summed E-state index contributed by atoms with van der Waals surface area (Å²) in [6.45, 7) is 2.08. The fourth-order valence-electron chi connectivity index (χ4n) is 3.21. The Hall–Kier alpha value is -4.45. The molecule has 0 spiro atoms. The molecule has 2 aromatic carbocycles. The second kappa shape index (κ2) is 11.6. The van der Waals surface area contributed by atoms with Crippen molar-refractivity contribution in [2.75, 3.05) is 55.7 Å². The Morgan fingerprint density at radius 2 is 1.89 bits per heavy atom. The fraction of sp³-hybridized carbons (Fsp3) is 0.261. The third-order valence-corrected chi connectivity index (χ3v) is 4.86. The van der Waals surface area contributed by atoms with Gasteiger partial charge < -0.3 is 29.5 Å². The number of hydrazone groups is 1. The molecule has 1 saturated heterocycles. The van der Waals surface area contributed by atoms with Crippen molar-refractivity contribution in [3.05, 3.63) is 54.1 Å². The van der Waals surface area contributed by atoms with Crippen LogP contribution in [-0.2, 0) is 9.53 Å². The zero-order valence-corrected chi connectivity index (χ0v) is 19.0. The van der Waals surface area contributed by atoms with Gasteiger partial charge in [0, 0.05) is 18.8 Å². The van der Waals surface area contributed by atoms with Gasteiger partial charge in [0.1, 0.15) is 0 Å². The molecule has 4 rings (SSSR count). The lowest BCUT2D eigenvalue weighted by atomic mass is 10.2. The summed E-state index contributed by atoms with van der Waals surface area (Å²) in [5.74, 6) is 0.804. The number of morpholine rings is 1. The first-order valence-electron chi connectivity index (χ1n) is 10.8. The van der Waals surface area contributed by atoms with Gasteiger partial charge in [0.05, 0.1) is 26.5 Å². The Kier molecular flexibility index (Phi) is 7.86. The molecule has 0 bridgehead atoms. The third kappa shape index (κ3) is 6.77. The largest absolute Gasteiger partial charge is 0.493 e. The number of carboxylic acids is 1. The SMILES string of the molecule is COc1cc(C=NNc2nc(Nc3ccccc3)nc(N3CCOCC3)n2)ccc1OCC(=O)O. The summed E-state index contributed by atoms with van der Waals surface area (Å²) >= 11 is 0. The maximum Gasteiger partial charge on any atom is 0.341 e. The first-order chi connectivity index (χ1) is 17.1. The smallest absolute Gasteiger partial charge is 0.341 e. The fourth-order valence-corrected chi connectivity index (χ4v) is 3.21. The Bertz CT molecular complexity index is 1170. The van der Waals surface area contributed by atoms with Gasteiger partial charge in [0.15, 0.2) is 18.1 Å². The van der Waals surface area contributed by atoms with Crippen molar-refractivity contribution in [3.8, 4) is 11.5 Å². The molecule has 182 valence electrons. The van der Waals surface area contributed by atoms with Crippen LogP contribution in [0, 0.1) is 0 Å². The van der Waals surface area contributed by atoms with Crippen molar-refractivity contribution in [2.24, 2.45) is 5.10 Å². The molecule has 35 heavy (non-hydrogen) atoms. The molecule has 0 unspecified atom stereocenters. The lowest BCUT2D eigenvalue weighted by molar-refractivity contribution is -0.139. The molecule has 3 N–H and O–H groups in total. The molecule has 12 heteroatoms. The number of hydrogen-bond donors (Lipinski definition) is 3. The van der Waals surface area contributed by atoms with Crippen molar-refractivity contribution < 1.29 is 24.1 Å². The maximum absolute atomic E-state index is 10.7. The van der Waals surface area contributed by atoms with Crippen LogP contribution in [0.4, 0.5) is 23.5 Å². The van der Waals surface area contributed by atoms with Gasteiger partial charge in [-0.15, -0.1) is 0 Å². The highest BCUT2D eigenvalue weighted by Gasteiger charge is 2.17. The minimum absolute atomic E-state index is 0.268. The Morgan fingerprint density at radius 1 is 1.11 bits per heavy atom. The molecule has 0 radical (unpaired) electrons. The number of aliphatic carboxylic acids is 1. The highest BCUT2D eigenvalue weighted by Crippen LogP contribution is 2.27. The third-order valence-electron chi connectivity index (χ3n) is 4.86. The van der Waals surface area contributed by atoms with Crippen LogP contribution < -0.4 is 25.1 Å². The molecule has 1 aromatic heterocycles. The lowest BCUT2D eigenvalue weighted by Gasteiger charge is -2.27. The molecule has 0 amide bonds. The van der Waals surface area contributed by atoms with E-state index in [0.717, 1.165) is 5.69 Å². The van der Waals surface area contributed by atoms with E-state index >= 15 is 0 Å². The van der Waals surface area contributed by atoms with Crippen molar-refractivity contribution in [3.63, 3.8) is 0 Å². The van der Waals surface area contributed by atoms with Gasteiger partial charge in [-0.2, -0.15) is 20.1 Å². The number of benzene rings is 2. The summed E-state index contributed by atoms with van der Waals surface area (Å²) in [5.41, 5.74) is 4.39. The first kappa shape index (κ1) is 23.7. The molecule has 0 aliphatic carbocycles. The van der Waals surface area contributed by atoms with Gasteiger partial charge in [0.2, 0.25) is 17.8 Å². The van der Waals surface area contributed by atoms with E-state index in [1.807, 2.05) is 35.2 Å². The average molecular weight is 479 g/mol. The van der Waals surface area contributed by atoms with Crippen LogP contribution in [0.3, 0.4) is 0 Å². The van der Waals surface area contributed by atoms with Crippen LogP contribution in [0.2, 0.25) is 0 Å². The molecule has 12 nitrogen and oxygen atoms in total. The number of carbonyl (C=O) groups is 1. The van der Waals surface area contributed by atoms with Gasteiger partial charge in [-0.1, -0.05) is 18.2 Å². The Morgan fingerprint density at radius 3 is 2.63 bits per heavy atom. The van der Waals surface area contributed by atoms with E-state index in [1.54, 1.807) is 24.4 Å². The van der Waals surface area contributed by atoms with Crippen LogP contribution in [0.15, 0.2) is 53.6 Å². The van der Waals surface area contributed by atoms with E-state index in [0.29, 0.717) is 55.3 Å². The van der Waals surface area contributed by atoms with E-state index in [9.17, 15) is 4.79 Å². The van der Waals surface area contributed by atoms with Crippen LogP contribution in [0.25, 0.3) is 0 Å². The second-order valence-corrected chi connectivity index (χ2v) is 7.34. The van der Waals surface area contributed by atoms with E-state index in [-0.39, 0.29) is 5.95 Å². The molecule has 1 aliphatic heterocycles. The standard InChI is InChI=1S/C23H25N7O5/c1-33-19-13-16(7-8-18(19)35-15-20(31)32)14-24-29-22-26-21(25-17-5-3-2-4-6-17)27-23(28-22)30-9-11-34-12-10-30/h2-8,13-14H,9-12,15H2,1H3,(H,31,32)(H2,25,26,27,28,29). The van der Waals surface area contributed by atoms with E-state index < -0.39 is 12.6 Å². The zero-order chi connectivity index (χ0) is 24.5. The number of carboxylic acid groups (broad SMARTS) is 1. The molecule has 1 aliphatic rings. The molecule has 0 saturated carbocycles. The second-order valence-electron chi connectivity index (χ2n) is 7.34. The van der Waals surface area contributed by atoms with Crippen LogP contribution in [-0.4, -0.2) is 72.3 Å². The Balaban J connectivity index is 1.51. The molecule has 3 aromatic rings. The maximum atomic E-state index is 10.7. The van der Waals surface area contributed by atoms with E-state index in [2.05, 4.69) is 30.8 Å². The summed E-state index contributed by atoms with van der Waals surface area (Å²) < 4.78 is 15.9. The molecular formula is C23H25N7O5. The lowest BCUT2D eigenvalue weighted by Crippen LogP contribution is -2.37. The van der Waals surface area contributed by atoms with Crippen LogP contribution >= 0.6 is 0 Å². The van der Waals surface area contributed by atoms with Gasteiger partial charge in [0.25, 0.3) is 0 Å².